The van der Waals surface area contributed by atoms with E-state index in [1.807, 2.05) is 64.0 Å². The number of hydrogen-bond acceptors (Lipinski definition) is 7. The molecule has 0 radical (unpaired) electrons. The minimum atomic E-state index is -1.26. The van der Waals surface area contributed by atoms with Crippen molar-refractivity contribution in [2.75, 3.05) is 11.5 Å². The van der Waals surface area contributed by atoms with Gasteiger partial charge in [-0.15, -0.1) is 0 Å². The lowest BCUT2D eigenvalue weighted by Crippen LogP contribution is -2.52. The minimum absolute atomic E-state index is 0.0204. The second-order valence-electron chi connectivity index (χ2n) is 15.0. The molecular weight excluding hydrogens is 586 g/mol. The molecule has 0 spiro atoms. The van der Waals surface area contributed by atoms with E-state index >= 15 is 0 Å². The number of alkyl carbamates (subject to hydrolysis) is 1. The fourth-order valence-corrected chi connectivity index (χ4v) is 7.56. The van der Waals surface area contributed by atoms with E-state index in [0.29, 0.717) is 30.3 Å². The predicted molar refractivity (Wildman–Crippen MR) is 180 cm³/mol. The number of amides is 1. The number of carbonyl (C=O) groups excluding carboxylic acids is 1. The molecule has 45 heavy (non-hydrogen) atoms. The molecule has 4 aromatic rings. The molecule has 1 N–H and O–H groups in total. The second-order valence-corrected chi connectivity index (χ2v) is 20.6. The van der Waals surface area contributed by atoms with E-state index in [4.69, 9.17) is 14.5 Å². The molecule has 0 saturated carbocycles. The van der Waals surface area contributed by atoms with Gasteiger partial charge >= 0.3 is 6.09 Å². The maximum absolute atomic E-state index is 14.3. The van der Waals surface area contributed by atoms with Crippen LogP contribution in [0.4, 0.5) is 10.7 Å². The molecule has 12 heteroatoms. The van der Waals surface area contributed by atoms with Gasteiger partial charge in [0.15, 0.2) is 5.65 Å². The summed E-state index contributed by atoms with van der Waals surface area (Å²) < 4.78 is 17.2. The lowest BCUT2D eigenvalue weighted by molar-refractivity contribution is 0.0492. The number of carbonyl (C=O) groups is 1. The average molecular weight is 634 g/mol. The number of aromatic nitrogens is 5. The summed E-state index contributed by atoms with van der Waals surface area (Å²) in [7, 11) is 2.48. The molecule has 5 heterocycles. The topological polar surface area (TPSA) is 108 Å². The van der Waals surface area contributed by atoms with Crippen molar-refractivity contribution in [1.82, 2.24) is 29.2 Å². The number of ether oxygens (including phenoxy) is 2. The van der Waals surface area contributed by atoms with Gasteiger partial charge in [-0.2, -0.15) is 10.1 Å². The SMILES string of the molecule is Cn1cc2cc(-c3cn(COCC[Si](C)(C)C)c4nc(N5C6CCC5CC(NC(=O)OC(C)(C)C)C6)n(C)c(=O)c34)ccc2n1. The van der Waals surface area contributed by atoms with Crippen molar-refractivity contribution >= 4 is 42.1 Å². The third kappa shape index (κ3) is 6.53. The monoisotopic (exact) mass is 633 g/mol. The van der Waals surface area contributed by atoms with E-state index in [1.54, 1.807) is 9.25 Å². The number of hydrogen-bond donors (Lipinski definition) is 1. The molecule has 1 amide bonds. The van der Waals surface area contributed by atoms with Crippen LogP contribution >= 0.6 is 0 Å². The Morgan fingerprint density at radius 1 is 1.09 bits per heavy atom. The van der Waals surface area contributed by atoms with Gasteiger partial charge in [0.05, 0.1) is 10.9 Å². The number of fused-ring (bicyclic) bond motifs is 4. The summed E-state index contributed by atoms with van der Waals surface area (Å²) in [5.74, 6) is 0.673. The van der Waals surface area contributed by atoms with Crippen molar-refractivity contribution in [3.63, 3.8) is 0 Å². The van der Waals surface area contributed by atoms with Crippen LogP contribution in [0.25, 0.3) is 33.1 Å². The Balaban J connectivity index is 1.36. The van der Waals surface area contributed by atoms with Crippen LogP contribution < -0.4 is 15.8 Å². The highest BCUT2D eigenvalue weighted by Gasteiger charge is 2.43. The molecule has 0 aliphatic carbocycles. The third-order valence-corrected chi connectivity index (χ3v) is 10.6. The summed E-state index contributed by atoms with van der Waals surface area (Å²) in [6.07, 6.45) is 7.16. The molecule has 2 fully saturated rings. The van der Waals surface area contributed by atoms with E-state index in [1.165, 1.54) is 0 Å². The van der Waals surface area contributed by atoms with Crippen molar-refractivity contribution in [3.8, 4) is 11.1 Å². The van der Waals surface area contributed by atoms with Crippen molar-refractivity contribution in [1.29, 1.82) is 0 Å². The fraction of sp³-hybridized carbons (Fsp3) is 0.576. The van der Waals surface area contributed by atoms with Crippen LogP contribution in [0.3, 0.4) is 0 Å². The molecule has 2 aliphatic rings. The van der Waals surface area contributed by atoms with Gasteiger partial charge in [0.25, 0.3) is 5.56 Å². The molecule has 2 bridgehead atoms. The van der Waals surface area contributed by atoms with E-state index in [9.17, 15) is 9.59 Å². The molecule has 242 valence electrons. The van der Waals surface area contributed by atoms with Crippen LogP contribution in [0.15, 0.2) is 35.4 Å². The molecule has 11 nitrogen and oxygen atoms in total. The van der Waals surface area contributed by atoms with Gasteiger partial charge in [-0.25, -0.2) is 4.79 Å². The van der Waals surface area contributed by atoms with Crippen molar-refractivity contribution in [2.24, 2.45) is 14.1 Å². The predicted octanol–water partition coefficient (Wildman–Crippen LogP) is 5.63. The highest BCUT2D eigenvalue weighted by Crippen LogP contribution is 2.39. The second kappa shape index (κ2) is 11.6. The standard InChI is InChI=1S/C33H47N7O4Si/c1-33(2,3)44-32(42)34-23-16-24-10-11-25(17-23)40(24)31-35-29-28(30(41)38(31)5)26(19-39(29)20-43-13-14-45(6,7)8)21-9-12-27-22(15-21)18-37(4)36-27/h9,12,15,18-19,23-25H,10-11,13-14,16-17,20H2,1-8H3,(H,34,42). The van der Waals surface area contributed by atoms with Crippen LogP contribution in [0, 0.1) is 0 Å². The van der Waals surface area contributed by atoms with Gasteiger partial charge in [-0.3, -0.25) is 14.0 Å². The molecule has 2 unspecified atom stereocenters. The highest BCUT2D eigenvalue weighted by molar-refractivity contribution is 6.76. The van der Waals surface area contributed by atoms with Gasteiger partial charge in [0, 0.05) is 70.2 Å². The Morgan fingerprint density at radius 2 is 1.80 bits per heavy atom. The zero-order valence-electron chi connectivity index (χ0n) is 27.9. The summed E-state index contributed by atoms with van der Waals surface area (Å²) in [5.41, 5.74) is 2.71. The van der Waals surface area contributed by atoms with Gasteiger partial charge in [0.1, 0.15) is 12.3 Å². The smallest absolute Gasteiger partial charge is 0.407 e. The number of nitrogens with zero attached hydrogens (tertiary/aromatic N) is 6. The number of rotatable bonds is 8. The number of benzene rings is 1. The van der Waals surface area contributed by atoms with Crippen LogP contribution in [0.5, 0.6) is 0 Å². The number of piperidine rings is 1. The Kier molecular flexibility index (Phi) is 8.09. The number of anilines is 1. The van der Waals surface area contributed by atoms with Crippen LogP contribution in [-0.2, 0) is 30.3 Å². The van der Waals surface area contributed by atoms with Gasteiger partial charge in [0.2, 0.25) is 5.95 Å². The lowest BCUT2D eigenvalue weighted by atomic mass is 9.98. The first-order valence-electron chi connectivity index (χ1n) is 16.1. The summed E-state index contributed by atoms with van der Waals surface area (Å²) in [6, 6.07) is 7.53. The third-order valence-electron chi connectivity index (χ3n) is 8.92. The molecule has 2 atom stereocenters. The van der Waals surface area contributed by atoms with Gasteiger partial charge in [-0.05, 0) is 70.2 Å². The fourth-order valence-electron chi connectivity index (χ4n) is 6.81. The minimum Gasteiger partial charge on any atom is -0.444 e. The number of nitrogens with one attached hydrogen (secondary N) is 1. The van der Waals surface area contributed by atoms with E-state index in [0.717, 1.165) is 53.8 Å². The normalized spacial score (nSPS) is 20.4. The zero-order valence-corrected chi connectivity index (χ0v) is 28.9. The summed E-state index contributed by atoms with van der Waals surface area (Å²) in [6.45, 7) is 13.6. The van der Waals surface area contributed by atoms with E-state index in [2.05, 4.69) is 41.0 Å². The van der Waals surface area contributed by atoms with Crippen molar-refractivity contribution in [3.05, 3.63) is 40.9 Å². The average Bonchev–Trinajstić information content (AvgIpc) is 3.56. The Morgan fingerprint density at radius 3 is 2.47 bits per heavy atom. The quantitative estimate of drug-likeness (QED) is 0.198. The van der Waals surface area contributed by atoms with Gasteiger partial charge in [-0.1, -0.05) is 25.7 Å². The maximum atomic E-state index is 14.3. The Hall–Kier alpha value is -3.64. The number of aryl methyl sites for hydroxylation is 1. The van der Waals surface area contributed by atoms with E-state index < -0.39 is 13.7 Å². The van der Waals surface area contributed by atoms with Crippen LogP contribution in [0.1, 0.15) is 46.5 Å². The Bertz CT molecular complexity index is 1780. The largest absolute Gasteiger partial charge is 0.444 e. The van der Waals surface area contributed by atoms with E-state index in [-0.39, 0.29) is 29.8 Å². The first-order valence-corrected chi connectivity index (χ1v) is 19.8. The first-order chi connectivity index (χ1) is 21.2. The van der Waals surface area contributed by atoms with Crippen molar-refractivity contribution in [2.45, 2.75) is 103 Å². The summed E-state index contributed by atoms with van der Waals surface area (Å²) in [5, 5.41) is 9.21. The van der Waals surface area contributed by atoms with Gasteiger partial charge < -0.3 is 24.3 Å². The summed E-state index contributed by atoms with van der Waals surface area (Å²) in [4.78, 5) is 34.3. The zero-order chi connectivity index (χ0) is 32.3. The van der Waals surface area contributed by atoms with Crippen LogP contribution in [0.2, 0.25) is 25.7 Å². The van der Waals surface area contributed by atoms with Crippen molar-refractivity contribution < 1.29 is 14.3 Å². The first kappa shape index (κ1) is 31.3. The molecule has 1 aromatic carbocycles. The highest BCUT2D eigenvalue weighted by atomic mass is 28.3. The molecule has 2 aliphatic heterocycles. The summed E-state index contributed by atoms with van der Waals surface area (Å²) >= 11 is 0. The maximum Gasteiger partial charge on any atom is 0.407 e. The molecule has 6 rings (SSSR count). The molecule has 2 saturated heterocycles. The Labute approximate surface area is 265 Å². The molecule has 3 aromatic heterocycles. The van der Waals surface area contributed by atoms with Crippen LogP contribution in [-0.4, -0.2) is 68.4 Å². The molecular formula is C33H47N7O4Si. The lowest BCUT2D eigenvalue weighted by Gasteiger charge is -2.40.